The largest absolute Gasteiger partial charge is 0.378 e. The Kier molecular flexibility index (Phi) is 8.24. The molecular formula is C34H45N5O2. The van der Waals surface area contributed by atoms with E-state index in [1.165, 1.54) is 11.3 Å². The Morgan fingerprint density at radius 2 is 1.73 bits per heavy atom. The van der Waals surface area contributed by atoms with Gasteiger partial charge in [-0.3, -0.25) is 4.79 Å². The van der Waals surface area contributed by atoms with Crippen LogP contribution in [0.15, 0.2) is 60.8 Å². The van der Waals surface area contributed by atoms with Gasteiger partial charge in [0.25, 0.3) is 5.91 Å². The molecule has 1 amide bonds. The number of hydrogen-bond donors (Lipinski definition) is 1. The molecular weight excluding hydrogens is 510 g/mol. The second kappa shape index (κ2) is 12.2. The number of nitrogens with zero attached hydrogens (tertiary/aromatic N) is 4. The number of morpholine rings is 1. The summed E-state index contributed by atoms with van der Waals surface area (Å²) < 4.78 is 5.53. The molecule has 2 aromatic carbocycles. The van der Waals surface area contributed by atoms with Gasteiger partial charge < -0.3 is 19.9 Å². The van der Waals surface area contributed by atoms with Crippen LogP contribution in [0.25, 0.3) is 0 Å². The van der Waals surface area contributed by atoms with Gasteiger partial charge in [-0.25, -0.2) is 9.97 Å². The lowest BCUT2D eigenvalue weighted by Crippen LogP contribution is -2.37. The van der Waals surface area contributed by atoms with E-state index in [1.54, 1.807) is 6.20 Å². The molecule has 0 unspecified atom stereocenters. The molecule has 218 valence electrons. The first-order valence-corrected chi connectivity index (χ1v) is 15.4. The van der Waals surface area contributed by atoms with Crippen LogP contribution in [0.1, 0.15) is 87.0 Å². The number of aromatic nitrogens is 2. The van der Waals surface area contributed by atoms with Crippen molar-refractivity contribution in [2.75, 3.05) is 49.2 Å². The van der Waals surface area contributed by atoms with Crippen LogP contribution in [0.5, 0.6) is 0 Å². The number of anilines is 2. The van der Waals surface area contributed by atoms with E-state index in [2.05, 4.69) is 83.6 Å². The summed E-state index contributed by atoms with van der Waals surface area (Å²) >= 11 is 0. The van der Waals surface area contributed by atoms with Crippen molar-refractivity contribution >= 4 is 17.5 Å². The standard InChI is InChI=1S/C34H43N5O2.H2/c1-25-13-17-39(18-14-25)33-35-24-30(31(37-33)34(15-6-7-16-34)28-10-4-3-5-11-28)32(40)36-26(2)27-9-8-12-29(23-27)38-19-21-41-22-20-38;/h3-5,8-12,23-26H,6-7,13-22H2,1-2H3,(H,36,40);1H/t26-;/m1./s1. The lowest BCUT2D eigenvalue weighted by Gasteiger charge is -2.34. The first-order chi connectivity index (χ1) is 20.0. The normalized spacial score (nSPS) is 20.1. The Labute approximate surface area is 245 Å². The predicted octanol–water partition coefficient (Wildman–Crippen LogP) is 6.15. The third-order valence-corrected chi connectivity index (χ3v) is 9.42. The number of ether oxygens (including phenoxy) is 1. The number of piperidine rings is 1. The zero-order valence-electron chi connectivity index (χ0n) is 24.5. The van der Waals surface area contributed by atoms with Crippen LogP contribution in [0.3, 0.4) is 0 Å². The molecule has 0 radical (unpaired) electrons. The fraction of sp³-hybridized carbons (Fsp3) is 0.500. The van der Waals surface area contributed by atoms with E-state index < -0.39 is 0 Å². The molecule has 1 aromatic heterocycles. The van der Waals surface area contributed by atoms with Gasteiger partial charge in [-0.1, -0.05) is 62.2 Å². The molecule has 7 heteroatoms. The highest BCUT2D eigenvalue weighted by Gasteiger charge is 2.42. The lowest BCUT2D eigenvalue weighted by atomic mass is 9.74. The summed E-state index contributed by atoms with van der Waals surface area (Å²) in [5, 5.41) is 3.30. The van der Waals surface area contributed by atoms with E-state index >= 15 is 0 Å². The van der Waals surface area contributed by atoms with Crippen LogP contribution in [-0.2, 0) is 10.2 Å². The van der Waals surface area contributed by atoms with Gasteiger partial charge in [0.2, 0.25) is 5.95 Å². The number of hydrogen-bond acceptors (Lipinski definition) is 6. The number of amides is 1. The topological polar surface area (TPSA) is 70.6 Å². The van der Waals surface area contributed by atoms with Crippen LogP contribution in [-0.4, -0.2) is 55.3 Å². The summed E-state index contributed by atoms with van der Waals surface area (Å²) in [7, 11) is 0. The van der Waals surface area contributed by atoms with Gasteiger partial charge in [0.15, 0.2) is 0 Å². The molecule has 7 nitrogen and oxygen atoms in total. The van der Waals surface area contributed by atoms with Gasteiger partial charge in [-0.05, 0) is 61.8 Å². The third-order valence-electron chi connectivity index (χ3n) is 9.42. The van der Waals surface area contributed by atoms with E-state index in [0.717, 1.165) is 101 Å². The minimum atomic E-state index is -0.284. The molecule has 0 bridgehead atoms. The Bertz CT molecular complexity index is 1330. The summed E-state index contributed by atoms with van der Waals surface area (Å²) in [6.07, 6.45) is 8.31. The maximum Gasteiger partial charge on any atom is 0.255 e. The van der Waals surface area contributed by atoms with Crippen LogP contribution < -0.4 is 15.1 Å². The van der Waals surface area contributed by atoms with E-state index in [-0.39, 0.29) is 18.8 Å². The molecule has 1 saturated carbocycles. The molecule has 3 aromatic rings. The van der Waals surface area contributed by atoms with Crippen LogP contribution in [0, 0.1) is 5.92 Å². The Hall–Kier alpha value is -3.45. The van der Waals surface area contributed by atoms with Crippen molar-refractivity contribution in [1.82, 2.24) is 15.3 Å². The summed E-state index contributed by atoms with van der Waals surface area (Å²) in [5.74, 6) is 1.38. The minimum absolute atomic E-state index is 0. The van der Waals surface area contributed by atoms with Crippen molar-refractivity contribution < 1.29 is 11.0 Å². The fourth-order valence-electron chi connectivity index (χ4n) is 6.83. The maximum atomic E-state index is 14.1. The second-order valence-corrected chi connectivity index (χ2v) is 12.1. The Morgan fingerprint density at radius 1 is 1.00 bits per heavy atom. The summed E-state index contributed by atoms with van der Waals surface area (Å²) in [6, 6.07) is 19.0. The number of carbonyl (C=O) groups is 1. The molecule has 0 spiro atoms. The highest BCUT2D eigenvalue weighted by molar-refractivity contribution is 5.96. The zero-order chi connectivity index (χ0) is 28.2. The lowest BCUT2D eigenvalue weighted by molar-refractivity contribution is 0.0936. The van der Waals surface area contributed by atoms with Crippen molar-refractivity contribution in [3.8, 4) is 0 Å². The van der Waals surface area contributed by atoms with Crippen molar-refractivity contribution in [3.63, 3.8) is 0 Å². The molecule has 2 saturated heterocycles. The molecule has 41 heavy (non-hydrogen) atoms. The quantitative estimate of drug-likeness (QED) is 0.377. The molecule has 2 aliphatic heterocycles. The highest BCUT2D eigenvalue weighted by Crippen LogP contribution is 2.47. The first kappa shape index (κ1) is 27.7. The van der Waals surface area contributed by atoms with Gasteiger partial charge in [-0.15, -0.1) is 0 Å². The molecule has 1 N–H and O–H groups in total. The fourth-order valence-corrected chi connectivity index (χ4v) is 6.83. The third kappa shape index (κ3) is 5.82. The second-order valence-electron chi connectivity index (χ2n) is 12.1. The van der Waals surface area contributed by atoms with E-state index in [0.29, 0.717) is 5.56 Å². The smallest absolute Gasteiger partial charge is 0.255 e. The van der Waals surface area contributed by atoms with Crippen molar-refractivity contribution in [3.05, 3.63) is 83.2 Å². The summed E-state index contributed by atoms with van der Waals surface area (Å²) in [4.78, 5) is 28.8. The van der Waals surface area contributed by atoms with Crippen molar-refractivity contribution in [2.45, 2.75) is 63.8 Å². The molecule has 1 atom stereocenters. The zero-order valence-corrected chi connectivity index (χ0v) is 24.5. The molecule has 1 aliphatic carbocycles. The Morgan fingerprint density at radius 3 is 2.46 bits per heavy atom. The molecule has 3 heterocycles. The van der Waals surface area contributed by atoms with Crippen LogP contribution in [0.4, 0.5) is 11.6 Å². The average molecular weight is 556 g/mol. The molecule has 6 rings (SSSR count). The van der Waals surface area contributed by atoms with E-state index in [9.17, 15) is 4.79 Å². The SMILES string of the molecule is CC1CCN(c2ncc(C(=O)N[C@H](C)c3cccc(N4CCOCC4)c3)c(C3(c4ccccc4)CCCC3)n2)CC1.[HH]. The van der Waals surface area contributed by atoms with Gasteiger partial charge in [0, 0.05) is 44.9 Å². The molecule has 3 aliphatic rings. The van der Waals surface area contributed by atoms with Crippen molar-refractivity contribution in [1.29, 1.82) is 0 Å². The first-order valence-electron chi connectivity index (χ1n) is 15.4. The van der Waals surface area contributed by atoms with Crippen LogP contribution >= 0.6 is 0 Å². The van der Waals surface area contributed by atoms with E-state index in [4.69, 9.17) is 14.7 Å². The van der Waals surface area contributed by atoms with E-state index in [1.807, 2.05) is 0 Å². The van der Waals surface area contributed by atoms with Crippen LogP contribution in [0.2, 0.25) is 0 Å². The minimum Gasteiger partial charge on any atom is -0.378 e. The molecule has 3 fully saturated rings. The summed E-state index contributed by atoms with van der Waals surface area (Å²) in [6.45, 7) is 9.55. The Balaban J connectivity index is 0.00000353. The maximum absolute atomic E-state index is 14.1. The van der Waals surface area contributed by atoms with Gasteiger partial charge in [-0.2, -0.15) is 0 Å². The van der Waals surface area contributed by atoms with Gasteiger partial charge >= 0.3 is 0 Å². The summed E-state index contributed by atoms with van der Waals surface area (Å²) in [5.41, 5.74) is 4.70. The number of carbonyl (C=O) groups excluding carboxylic acids is 1. The highest BCUT2D eigenvalue weighted by atomic mass is 16.5. The number of rotatable bonds is 7. The monoisotopic (exact) mass is 555 g/mol. The van der Waals surface area contributed by atoms with Crippen molar-refractivity contribution in [2.24, 2.45) is 5.92 Å². The average Bonchev–Trinajstić information content (AvgIpc) is 3.53. The predicted molar refractivity (Wildman–Crippen MR) is 166 cm³/mol. The number of nitrogens with one attached hydrogen (secondary N) is 1. The van der Waals surface area contributed by atoms with Gasteiger partial charge in [0.1, 0.15) is 0 Å². The number of benzene rings is 2. The van der Waals surface area contributed by atoms with Gasteiger partial charge in [0.05, 0.1) is 30.5 Å².